The van der Waals surface area contributed by atoms with Crippen LogP contribution in [-0.2, 0) is 23.1 Å². The van der Waals surface area contributed by atoms with Crippen LogP contribution in [0.15, 0.2) is 24.3 Å². The first kappa shape index (κ1) is 25.2. The van der Waals surface area contributed by atoms with E-state index in [0.29, 0.717) is 11.3 Å². The lowest BCUT2D eigenvalue weighted by Gasteiger charge is -2.32. The molecule has 2 atom stereocenters. The minimum atomic E-state index is -0.864. The fourth-order valence-electron chi connectivity index (χ4n) is 6.59. The molecule has 5 rings (SSSR count). The van der Waals surface area contributed by atoms with Crippen molar-refractivity contribution in [1.82, 2.24) is 19.9 Å². The quantitative estimate of drug-likeness (QED) is 0.491. The molecule has 2 aliphatic carbocycles. The zero-order valence-electron chi connectivity index (χ0n) is 22.2. The van der Waals surface area contributed by atoms with Gasteiger partial charge in [-0.3, -0.25) is 9.59 Å². The van der Waals surface area contributed by atoms with Crippen LogP contribution in [0, 0.1) is 12.8 Å². The number of carboxylic acids is 1. The molecule has 0 saturated heterocycles. The van der Waals surface area contributed by atoms with Gasteiger partial charge in [0.2, 0.25) is 5.91 Å². The van der Waals surface area contributed by atoms with Crippen LogP contribution in [0.4, 0.5) is 0 Å². The highest BCUT2D eigenvalue weighted by atomic mass is 16.5. The smallest absolute Gasteiger partial charge is 0.304 e. The number of nitrogens with zero attached hydrogens (tertiary/aromatic N) is 4. The number of hydrogen-bond acceptors (Lipinski definition) is 5. The van der Waals surface area contributed by atoms with Gasteiger partial charge < -0.3 is 14.7 Å². The van der Waals surface area contributed by atoms with E-state index in [1.165, 1.54) is 17.5 Å². The van der Waals surface area contributed by atoms with Crippen LogP contribution < -0.4 is 4.74 Å². The molecule has 2 aliphatic rings. The molecule has 2 unspecified atom stereocenters. The second-order valence-electron chi connectivity index (χ2n) is 10.7. The summed E-state index contributed by atoms with van der Waals surface area (Å²) in [5.74, 6) is -0.240. The van der Waals surface area contributed by atoms with E-state index in [2.05, 4.69) is 29.4 Å². The summed E-state index contributed by atoms with van der Waals surface area (Å²) in [6.45, 7) is 2.10. The normalized spacial score (nSPS) is 18.5. The van der Waals surface area contributed by atoms with Crippen LogP contribution >= 0.6 is 0 Å². The fraction of sp³-hybridized carbons (Fsp3) is 0.517. The van der Waals surface area contributed by atoms with Gasteiger partial charge in [0, 0.05) is 25.9 Å². The molecular weight excluding hydrogens is 468 g/mol. The second-order valence-corrected chi connectivity index (χ2v) is 10.7. The molecule has 2 aromatic carbocycles. The van der Waals surface area contributed by atoms with E-state index in [1.807, 2.05) is 31.1 Å². The van der Waals surface area contributed by atoms with E-state index >= 15 is 0 Å². The van der Waals surface area contributed by atoms with Crippen molar-refractivity contribution in [2.75, 3.05) is 14.2 Å². The third kappa shape index (κ3) is 4.58. The van der Waals surface area contributed by atoms with Gasteiger partial charge in [-0.15, -0.1) is 5.10 Å². The van der Waals surface area contributed by atoms with Gasteiger partial charge in [-0.25, -0.2) is 4.68 Å². The lowest BCUT2D eigenvalue weighted by molar-refractivity contribution is -0.138. The molecule has 1 fully saturated rings. The molecule has 0 aliphatic heterocycles. The van der Waals surface area contributed by atoms with Gasteiger partial charge >= 0.3 is 5.97 Å². The zero-order valence-corrected chi connectivity index (χ0v) is 22.2. The van der Waals surface area contributed by atoms with Gasteiger partial charge in [0.05, 0.1) is 19.6 Å². The van der Waals surface area contributed by atoms with Crippen molar-refractivity contribution in [2.24, 2.45) is 13.0 Å². The summed E-state index contributed by atoms with van der Waals surface area (Å²) >= 11 is 0. The third-order valence-electron chi connectivity index (χ3n) is 8.45. The molecule has 1 N–H and O–H groups in total. The van der Waals surface area contributed by atoms with Crippen LogP contribution in [-0.4, -0.2) is 51.0 Å². The Labute approximate surface area is 217 Å². The van der Waals surface area contributed by atoms with Crippen LogP contribution in [0.3, 0.4) is 0 Å². The molecule has 0 radical (unpaired) electrons. The molecule has 37 heavy (non-hydrogen) atoms. The Kier molecular flexibility index (Phi) is 6.92. The van der Waals surface area contributed by atoms with Gasteiger partial charge in [0.15, 0.2) is 0 Å². The number of aryl methyl sites for hydroxylation is 2. The summed E-state index contributed by atoms with van der Waals surface area (Å²) in [6, 6.07) is 8.01. The lowest BCUT2D eigenvalue weighted by Crippen LogP contribution is -2.36. The van der Waals surface area contributed by atoms with Crippen molar-refractivity contribution in [1.29, 1.82) is 0 Å². The van der Waals surface area contributed by atoms with Gasteiger partial charge in [-0.2, -0.15) is 0 Å². The number of fused-ring (bicyclic) bond motifs is 2. The van der Waals surface area contributed by atoms with E-state index in [1.54, 1.807) is 11.8 Å². The molecule has 3 aromatic rings. The molecule has 0 spiro atoms. The van der Waals surface area contributed by atoms with E-state index < -0.39 is 5.97 Å². The van der Waals surface area contributed by atoms with Gasteiger partial charge in [0.25, 0.3) is 0 Å². The number of aromatic nitrogens is 3. The average molecular weight is 505 g/mol. The number of amides is 1. The number of benzene rings is 2. The summed E-state index contributed by atoms with van der Waals surface area (Å²) in [5, 5.41) is 18.3. The van der Waals surface area contributed by atoms with E-state index in [4.69, 9.17) is 4.74 Å². The highest BCUT2D eigenvalue weighted by Gasteiger charge is 2.36. The number of methoxy groups -OCH3 is 1. The number of hydrogen-bond donors (Lipinski definition) is 1. The minimum Gasteiger partial charge on any atom is -0.494 e. The maximum Gasteiger partial charge on any atom is 0.304 e. The third-order valence-corrected chi connectivity index (χ3v) is 8.45. The molecule has 0 bridgehead atoms. The fourth-order valence-corrected chi connectivity index (χ4v) is 6.59. The monoisotopic (exact) mass is 504 g/mol. The van der Waals surface area contributed by atoms with Crippen LogP contribution in [0.2, 0.25) is 0 Å². The van der Waals surface area contributed by atoms with Crippen molar-refractivity contribution >= 4 is 22.9 Å². The van der Waals surface area contributed by atoms with E-state index in [9.17, 15) is 14.7 Å². The zero-order chi connectivity index (χ0) is 26.3. The number of ether oxygens (including phenoxy) is 1. The number of rotatable bonds is 7. The lowest BCUT2D eigenvalue weighted by atomic mass is 9.83. The molecule has 196 valence electrons. The number of carbonyl (C=O) groups excluding carboxylic acids is 1. The predicted molar refractivity (Wildman–Crippen MR) is 141 cm³/mol. The summed E-state index contributed by atoms with van der Waals surface area (Å²) in [6.07, 6.45) is 7.07. The van der Waals surface area contributed by atoms with Crippen LogP contribution in [0.1, 0.15) is 84.7 Å². The number of carboxylic acid groups (broad SMARTS) is 1. The molecule has 1 aromatic heterocycles. The van der Waals surface area contributed by atoms with Crippen LogP contribution in [0.25, 0.3) is 11.0 Å². The maximum atomic E-state index is 13.4. The van der Waals surface area contributed by atoms with Crippen molar-refractivity contribution in [2.45, 2.75) is 70.3 Å². The highest BCUT2D eigenvalue weighted by molar-refractivity contribution is 5.83. The Morgan fingerprint density at radius 1 is 1.19 bits per heavy atom. The first-order valence-electron chi connectivity index (χ1n) is 13.3. The van der Waals surface area contributed by atoms with Crippen molar-refractivity contribution in [3.8, 4) is 5.75 Å². The summed E-state index contributed by atoms with van der Waals surface area (Å²) < 4.78 is 7.31. The Bertz CT molecular complexity index is 1340. The minimum absolute atomic E-state index is 0.0202. The average Bonchev–Trinajstić information content (AvgIpc) is 3.51. The van der Waals surface area contributed by atoms with Crippen molar-refractivity contribution in [3.63, 3.8) is 0 Å². The summed E-state index contributed by atoms with van der Waals surface area (Å²) in [4.78, 5) is 27.4. The molecule has 1 saturated carbocycles. The molecular formula is C29H36N4O4. The molecule has 8 nitrogen and oxygen atoms in total. The van der Waals surface area contributed by atoms with E-state index in [0.717, 1.165) is 60.7 Å². The number of carbonyl (C=O) groups is 2. The first-order chi connectivity index (χ1) is 17.8. The maximum absolute atomic E-state index is 13.4. The Morgan fingerprint density at radius 2 is 1.95 bits per heavy atom. The SMILES string of the molecule is COc1cc(C(CC(=O)O)c2ccc(C)c3c2CCC3N(C)C(=O)C2CCCCC2)cc2nnn(C)c12. The second kappa shape index (κ2) is 10.1. The van der Waals surface area contributed by atoms with Crippen LogP contribution in [0.5, 0.6) is 5.75 Å². The number of aliphatic carboxylic acids is 1. The van der Waals surface area contributed by atoms with Gasteiger partial charge in [-0.05, 0) is 72.6 Å². The Hall–Kier alpha value is -3.42. The Balaban J connectivity index is 1.56. The summed E-state index contributed by atoms with van der Waals surface area (Å²) in [5.41, 5.74) is 6.82. The molecule has 1 amide bonds. The van der Waals surface area contributed by atoms with Gasteiger partial charge in [0.1, 0.15) is 16.8 Å². The van der Waals surface area contributed by atoms with Gasteiger partial charge in [-0.1, -0.05) is 36.6 Å². The first-order valence-corrected chi connectivity index (χ1v) is 13.3. The summed E-state index contributed by atoms with van der Waals surface area (Å²) in [7, 11) is 5.36. The van der Waals surface area contributed by atoms with E-state index in [-0.39, 0.29) is 30.2 Å². The molecule has 8 heteroatoms. The Morgan fingerprint density at radius 3 is 2.65 bits per heavy atom. The predicted octanol–water partition coefficient (Wildman–Crippen LogP) is 4.92. The van der Waals surface area contributed by atoms with Crippen molar-refractivity contribution in [3.05, 3.63) is 52.1 Å². The molecule has 1 heterocycles. The highest BCUT2D eigenvalue weighted by Crippen LogP contribution is 2.45. The topological polar surface area (TPSA) is 97.6 Å². The van der Waals surface area contributed by atoms with Crippen molar-refractivity contribution < 1.29 is 19.4 Å². The largest absolute Gasteiger partial charge is 0.494 e. The standard InChI is InChI=1S/C29H36N4O4/c1-17-10-11-20(21-12-13-24(27(17)21)32(2)29(36)18-8-6-5-7-9-18)22(16-26(34)35)19-14-23-28(25(15-19)37-4)33(3)31-30-23/h10-11,14-15,18,22,24H,5-9,12-13,16H2,1-4H3,(H,34,35).